The summed E-state index contributed by atoms with van der Waals surface area (Å²) in [6, 6.07) is 0. The van der Waals surface area contributed by atoms with Crippen LogP contribution < -0.4 is 0 Å². The lowest BCUT2D eigenvalue weighted by molar-refractivity contribution is 0.133. The van der Waals surface area contributed by atoms with Gasteiger partial charge in [0.1, 0.15) is 0 Å². The van der Waals surface area contributed by atoms with E-state index in [2.05, 4.69) is 6.92 Å². The lowest BCUT2D eigenvalue weighted by Gasteiger charge is -2.09. The van der Waals surface area contributed by atoms with Crippen LogP contribution in [0.3, 0.4) is 0 Å². The fourth-order valence-electron chi connectivity index (χ4n) is 0.372. The molecule has 0 aromatic heterocycles. The summed E-state index contributed by atoms with van der Waals surface area (Å²) in [6.07, 6.45) is 4.32. The Bertz CT molecular complexity index is 76.9. The van der Waals surface area contributed by atoms with Crippen LogP contribution in [-0.2, 0) is 0 Å². The van der Waals surface area contributed by atoms with E-state index in [4.69, 9.17) is 5.11 Å². The van der Waals surface area contributed by atoms with E-state index in [-0.39, 0.29) is 0 Å². The fraction of sp³-hybridized carbons (Fsp3) is 0.571. The summed E-state index contributed by atoms with van der Waals surface area (Å²) in [7, 11) is 0. The topological polar surface area (TPSA) is 20.2 Å². The Morgan fingerprint density at radius 1 is 1.62 bits per heavy atom. The van der Waals surface area contributed by atoms with Crippen molar-refractivity contribution in [3.63, 3.8) is 0 Å². The van der Waals surface area contributed by atoms with Gasteiger partial charge in [-0.2, -0.15) is 0 Å². The first-order chi connectivity index (χ1) is 3.56. The Balaban J connectivity index is 3.52. The summed E-state index contributed by atoms with van der Waals surface area (Å²) in [5, 5.41) is 9.03. The van der Waals surface area contributed by atoms with Gasteiger partial charge >= 0.3 is 0 Å². The summed E-state index contributed by atoms with van der Waals surface area (Å²) < 4.78 is 0. The standard InChI is InChI=1S/C7H13O/c1-4-5-6-7(2,3)8/h5-6,8H,1,4H2,2-3H3/b6-5+. The van der Waals surface area contributed by atoms with Crippen molar-refractivity contribution in [3.05, 3.63) is 19.1 Å². The second-order valence-corrected chi connectivity index (χ2v) is 2.34. The smallest absolute Gasteiger partial charge is 0.0771 e. The third-order valence-corrected chi connectivity index (χ3v) is 0.692. The maximum atomic E-state index is 9.03. The first kappa shape index (κ1) is 7.70. The van der Waals surface area contributed by atoms with Gasteiger partial charge in [-0.15, -0.1) is 0 Å². The van der Waals surface area contributed by atoms with E-state index in [9.17, 15) is 0 Å². The minimum Gasteiger partial charge on any atom is -0.386 e. The summed E-state index contributed by atoms with van der Waals surface area (Å²) in [5.74, 6) is 0. The van der Waals surface area contributed by atoms with E-state index in [1.165, 1.54) is 0 Å². The molecule has 0 saturated heterocycles. The molecule has 0 atom stereocenters. The molecule has 0 bridgehead atoms. The zero-order valence-corrected chi connectivity index (χ0v) is 5.52. The van der Waals surface area contributed by atoms with Crippen LogP contribution in [0.15, 0.2) is 12.2 Å². The highest BCUT2D eigenvalue weighted by Gasteiger charge is 2.03. The molecule has 8 heavy (non-hydrogen) atoms. The molecule has 0 heterocycles. The molecule has 0 aromatic carbocycles. The highest BCUT2D eigenvalue weighted by Crippen LogP contribution is 2.01. The summed E-state index contributed by atoms with van der Waals surface area (Å²) in [4.78, 5) is 0. The van der Waals surface area contributed by atoms with Crippen molar-refractivity contribution >= 4 is 0 Å². The van der Waals surface area contributed by atoms with Crippen LogP contribution in [0.2, 0.25) is 0 Å². The summed E-state index contributed by atoms with van der Waals surface area (Å²) in [6.45, 7) is 7.06. The summed E-state index contributed by atoms with van der Waals surface area (Å²) in [5.41, 5.74) is -0.669. The summed E-state index contributed by atoms with van der Waals surface area (Å²) >= 11 is 0. The first-order valence-electron chi connectivity index (χ1n) is 2.75. The minimum absolute atomic E-state index is 0.669. The molecule has 0 fully saturated rings. The van der Waals surface area contributed by atoms with Crippen molar-refractivity contribution in [1.29, 1.82) is 0 Å². The van der Waals surface area contributed by atoms with E-state index in [0.717, 1.165) is 6.42 Å². The van der Waals surface area contributed by atoms with Crippen LogP contribution in [0.25, 0.3) is 0 Å². The van der Waals surface area contributed by atoms with Gasteiger partial charge in [-0.25, -0.2) is 0 Å². The second kappa shape index (κ2) is 2.88. The van der Waals surface area contributed by atoms with E-state index in [1.54, 1.807) is 19.9 Å². The average Bonchev–Trinajstić information content (AvgIpc) is 1.59. The molecule has 1 N–H and O–H groups in total. The highest BCUT2D eigenvalue weighted by molar-refractivity contribution is 4.95. The molecule has 0 aliphatic carbocycles. The average molecular weight is 113 g/mol. The Morgan fingerprint density at radius 3 is 2.25 bits per heavy atom. The number of hydrogen-bond acceptors (Lipinski definition) is 1. The lowest BCUT2D eigenvalue weighted by Crippen LogP contribution is -2.13. The van der Waals surface area contributed by atoms with E-state index in [1.807, 2.05) is 6.08 Å². The molecular weight excluding hydrogens is 100 g/mol. The van der Waals surface area contributed by atoms with Gasteiger partial charge in [0.25, 0.3) is 0 Å². The van der Waals surface area contributed by atoms with Gasteiger partial charge in [-0.1, -0.05) is 12.2 Å². The Morgan fingerprint density at radius 2 is 2.12 bits per heavy atom. The van der Waals surface area contributed by atoms with Crippen molar-refractivity contribution in [1.82, 2.24) is 0 Å². The molecule has 47 valence electrons. The number of rotatable bonds is 2. The van der Waals surface area contributed by atoms with Gasteiger partial charge < -0.3 is 5.11 Å². The molecule has 0 saturated carbocycles. The second-order valence-electron chi connectivity index (χ2n) is 2.34. The zero-order chi connectivity index (χ0) is 6.62. The van der Waals surface area contributed by atoms with Gasteiger partial charge in [0, 0.05) is 0 Å². The molecule has 0 unspecified atom stereocenters. The largest absolute Gasteiger partial charge is 0.386 e. The van der Waals surface area contributed by atoms with Gasteiger partial charge in [-0.3, -0.25) is 0 Å². The predicted molar refractivity (Wildman–Crippen MR) is 35.4 cm³/mol. The highest BCUT2D eigenvalue weighted by atomic mass is 16.3. The Labute approximate surface area is 51.0 Å². The van der Waals surface area contributed by atoms with E-state index in [0.29, 0.717) is 0 Å². The predicted octanol–water partition coefficient (Wildman–Crippen LogP) is 1.54. The minimum atomic E-state index is -0.669. The van der Waals surface area contributed by atoms with Gasteiger partial charge in [0.05, 0.1) is 5.60 Å². The van der Waals surface area contributed by atoms with Crippen LogP contribution in [0.1, 0.15) is 20.3 Å². The fourth-order valence-corrected chi connectivity index (χ4v) is 0.372. The van der Waals surface area contributed by atoms with Gasteiger partial charge in [-0.05, 0) is 27.2 Å². The van der Waals surface area contributed by atoms with Crippen molar-refractivity contribution < 1.29 is 5.11 Å². The number of allylic oxidation sites excluding steroid dienone is 1. The quantitative estimate of drug-likeness (QED) is 0.538. The van der Waals surface area contributed by atoms with Gasteiger partial charge in [0.2, 0.25) is 0 Å². The Kier molecular flexibility index (Phi) is 2.77. The van der Waals surface area contributed by atoms with Gasteiger partial charge in [0.15, 0.2) is 0 Å². The molecule has 0 rings (SSSR count). The first-order valence-corrected chi connectivity index (χ1v) is 2.75. The lowest BCUT2D eigenvalue weighted by atomic mass is 10.1. The SMILES string of the molecule is [CH2]C/C=C/C(C)(C)O. The van der Waals surface area contributed by atoms with E-state index < -0.39 is 5.60 Å². The van der Waals surface area contributed by atoms with Crippen molar-refractivity contribution in [3.8, 4) is 0 Å². The van der Waals surface area contributed by atoms with Crippen LogP contribution in [0.4, 0.5) is 0 Å². The monoisotopic (exact) mass is 113 g/mol. The molecule has 0 aromatic rings. The molecule has 1 nitrogen and oxygen atoms in total. The van der Waals surface area contributed by atoms with Crippen molar-refractivity contribution in [2.75, 3.05) is 0 Å². The maximum absolute atomic E-state index is 9.03. The van der Waals surface area contributed by atoms with E-state index >= 15 is 0 Å². The number of aliphatic hydroxyl groups is 1. The van der Waals surface area contributed by atoms with Crippen molar-refractivity contribution in [2.24, 2.45) is 0 Å². The zero-order valence-electron chi connectivity index (χ0n) is 5.52. The third kappa shape index (κ3) is 5.70. The molecular formula is C7H13O. The molecule has 0 amide bonds. The number of hydrogen-bond donors (Lipinski definition) is 1. The molecule has 0 spiro atoms. The normalized spacial score (nSPS) is 13.0. The molecule has 1 heteroatoms. The third-order valence-electron chi connectivity index (χ3n) is 0.692. The van der Waals surface area contributed by atoms with Crippen molar-refractivity contribution in [2.45, 2.75) is 25.9 Å². The molecule has 0 aliphatic heterocycles. The molecule has 0 aliphatic rings. The van der Waals surface area contributed by atoms with Crippen LogP contribution in [0.5, 0.6) is 0 Å². The maximum Gasteiger partial charge on any atom is 0.0771 e. The molecule has 1 radical (unpaired) electrons. The Hall–Kier alpha value is -0.300. The van der Waals surface area contributed by atoms with Crippen LogP contribution in [0, 0.1) is 6.92 Å². The van der Waals surface area contributed by atoms with Crippen LogP contribution in [-0.4, -0.2) is 10.7 Å². The van der Waals surface area contributed by atoms with Crippen LogP contribution >= 0.6 is 0 Å².